The molecule has 4 nitrogen and oxygen atoms in total. The van der Waals surface area contributed by atoms with E-state index in [-0.39, 0.29) is 10.8 Å². The number of aromatic nitrogens is 2. The molecule has 0 fully saturated rings. The van der Waals surface area contributed by atoms with Gasteiger partial charge in [0.15, 0.2) is 0 Å². The summed E-state index contributed by atoms with van der Waals surface area (Å²) in [6, 6.07) is 0. The van der Waals surface area contributed by atoms with E-state index in [0.717, 1.165) is 30.5 Å². The molecule has 0 saturated heterocycles. The van der Waals surface area contributed by atoms with E-state index in [1.165, 1.54) is 11.5 Å². The standard InChI is InChI=1S/C14H28N4S/c1-7-8-18(10-14(5,6)9-15)12-16-11(17-19-12)13(2,3)4/h7-10,15H2,1-6H3. The van der Waals surface area contributed by atoms with Crippen LogP contribution in [-0.4, -0.2) is 29.0 Å². The maximum atomic E-state index is 5.84. The van der Waals surface area contributed by atoms with E-state index in [4.69, 9.17) is 10.7 Å². The second-order valence-corrected chi connectivity index (χ2v) is 7.67. The second kappa shape index (κ2) is 6.18. The van der Waals surface area contributed by atoms with Crippen LogP contribution in [0.25, 0.3) is 0 Å². The van der Waals surface area contributed by atoms with Crippen molar-refractivity contribution >= 4 is 16.7 Å². The number of nitrogens with two attached hydrogens (primary N) is 1. The van der Waals surface area contributed by atoms with E-state index in [2.05, 4.69) is 50.8 Å². The highest BCUT2D eigenvalue weighted by Gasteiger charge is 2.25. The molecule has 1 aromatic heterocycles. The van der Waals surface area contributed by atoms with Gasteiger partial charge in [-0.15, -0.1) is 0 Å². The van der Waals surface area contributed by atoms with Gasteiger partial charge < -0.3 is 10.6 Å². The summed E-state index contributed by atoms with van der Waals surface area (Å²) in [6.07, 6.45) is 1.10. The molecule has 0 aliphatic heterocycles. The highest BCUT2D eigenvalue weighted by molar-refractivity contribution is 7.09. The Hall–Kier alpha value is -0.680. The van der Waals surface area contributed by atoms with E-state index in [1.54, 1.807) is 0 Å². The van der Waals surface area contributed by atoms with Crippen molar-refractivity contribution in [2.24, 2.45) is 11.1 Å². The van der Waals surface area contributed by atoms with Gasteiger partial charge in [0.25, 0.3) is 0 Å². The molecule has 0 radical (unpaired) electrons. The normalized spacial score (nSPS) is 12.8. The van der Waals surface area contributed by atoms with Crippen molar-refractivity contribution in [1.82, 2.24) is 9.36 Å². The number of hydrogen-bond acceptors (Lipinski definition) is 5. The maximum Gasteiger partial charge on any atom is 0.205 e. The van der Waals surface area contributed by atoms with E-state index < -0.39 is 0 Å². The van der Waals surface area contributed by atoms with Crippen molar-refractivity contribution in [3.05, 3.63) is 5.82 Å². The van der Waals surface area contributed by atoms with Crippen LogP contribution in [0.4, 0.5) is 5.13 Å². The molecule has 110 valence electrons. The molecular formula is C14H28N4S. The van der Waals surface area contributed by atoms with Gasteiger partial charge in [-0.25, -0.2) is 4.98 Å². The molecule has 1 aromatic rings. The molecule has 1 rings (SSSR count). The third kappa shape index (κ3) is 4.73. The molecule has 0 amide bonds. The Bertz CT molecular complexity index is 392. The van der Waals surface area contributed by atoms with Gasteiger partial charge in [-0.1, -0.05) is 41.5 Å². The predicted octanol–water partition coefficient (Wildman–Crippen LogP) is 3.04. The summed E-state index contributed by atoms with van der Waals surface area (Å²) in [5.74, 6) is 0.930. The number of rotatable bonds is 6. The monoisotopic (exact) mass is 284 g/mol. The molecule has 0 aliphatic rings. The summed E-state index contributed by atoms with van der Waals surface area (Å²) in [4.78, 5) is 7.03. The Morgan fingerprint density at radius 3 is 2.26 bits per heavy atom. The molecule has 0 unspecified atom stereocenters. The molecule has 19 heavy (non-hydrogen) atoms. The summed E-state index contributed by atoms with van der Waals surface area (Å²) < 4.78 is 4.50. The smallest absolute Gasteiger partial charge is 0.205 e. The lowest BCUT2D eigenvalue weighted by molar-refractivity contribution is 0.377. The zero-order valence-corrected chi connectivity index (χ0v) is 14.0. The van der Waals surface area contributed by atoms with Crippen molar-refractivity contribution in [2.45, 2.75) is 53.4 Å². The minimum atomic E-state index is 0.00994. The topological polar surface area (TPSA) is 55.0 Å². The highest BCUT2D eigenvalue weighted by atomic mass is 32.1. The zero-order chi connectivity index (χ0) is 14.7. The molecule has 1 heterocycles. The molecule has 0 aliphatic carbocycles. The van der Waals surface area contributed by atoms with Crippen LogP contribution in [0.5, 0.6) is 0 Å². The average molecular weight is 284 g/mol. The van der Waals surface area contributed by atoms with E-state index in [9.17, 15) is 0 Å². The summed E-state index contributed by atoms with van der Waals surface area (Å²) >= 11 is 1.50. The largest absolute Gasteiger partial charge is 0.346 e. The van der Waals surface area contributed by atoms with Crippen molar-refractivity contribution in [3.63, 3.8) is 0 Å². The summed E-state index contributed by atoms with van der Waals surface area (Å²) in [7, 11) is 0. The van der Waals surface area contributed by atoms with E-state index in [1.807, 2.05) is 0 Å². The summed E-state index contributed by atoms with van der Waals surface area (Å²) in [6.45, 7) is 15.6. The minimum Gasteiger partial charge on any atom is -0.346 e. The molecule has 0 saturated carbocycles. The van der Waals surface area contributed by atoms with Crippen LogP contribution >= 0.6 is 11.5 Å². The lowest BCUT2D eigenvalue weighted by Gasteiger charge is -2.31. The second-order valence-electron chi connectivity index (χ2n) is 6.94. The van der Waals surface area contributed by atoms with Gasteiger partial charge >= 0.3 is 0 Å². The minimum absolute atomic E-state index is 0.00994. The van der Waals surface area contributed by atoms with Crippen LogP contribution in [0, 0.1) is 5.41 Å². The molecule has 5 heteroatoms. The van der Waals surface area contributed by atoms with Crippen molar-refractivity contribution in [1.29, 1.82) is 0 Å². The first-order chi connectivity index (χ1) is 8.69. The van der Waals surface area contributed by atoms with Gasteiger partial charge in [-0.05, 0) is 18.4 Å². The quantitative estimate of drug-likeness (QED) is 0.872. The lowest BCUT2D eigenvalue weighted by atomic mass is 9.93. The van der Waals surface area contributed by atoms with Gasteiger partial charge in [0, 0.05) is 30.0 Å². The first-order valence-corrected chi connectivity index (χ1v) is 7.76. The highest BCUT2D eigenvalue weighted by Crippen LogP contribution is 2.27. The molecule has 0 spiro atoms. The van der Waals surface area contributed by atoms with Crippen LogP contribution in [0.1, 0.15) is 53.8 Å². The fourth-order valence-corrected chi connectivity index (χ4v) is 2.62. The average Bonchev–Trinajstić information content (AvgIpc) is 2.77. The molecule has 0 atom stereocenters. The van der Waals surface area contributed by atoms with Gasteiger partial charge in [0.05, 0.1) is 0 Å². The Kier molecular flexibility index (Phi) is 5.33. The fraction of sp³-hybridized carbons (Fsp3) is 0.857. The van der Waals surface area contributed by atoms with Crippen LogP contribution in [-0.2, 0) is 5.41 Å². The van der Waals surface area contributed by atoms with Gasteiger partial charge in [-0.3, -0.25) is 0 Å². The van der Waals surface area contributed by atoms with Crippen LogP contribution in [0.15, 0.2) is 0 Å². The van der Waals surface area contributed by atoms with Crippen LogP contribution in [0.3, 0.4) is 0 Å². The zero-order valence-electron chi connectivity index (χ0n) is 13.2. The fourth-order valence-electron chi connectivity index (χ4n) is 1.74. The molecule has 0 bridgehead atoms. The van der Waals surface area contributed by atoms with Gasteiger partial charge in [-0.2, -0.15) is 4.37 Å². The Labute approximate surface area is 121 Å². The van der Waals surface area contributed by atoms with Crippen molar-refractivity contribution in [2.75, 3.05) is 24.5 Å². The maximum absolute atomic E-state index is 5.84. The van der Waals surface area contributed by atoms with Crippen molar-refractivity contribution in [3.8, 4) is 0 Å². The third-order valence-corrected chi connectivity index (χ3v) is 3.80. The summed E-state index contributed by atoms with van der Waals surface area (Å²) in [5.41, 5.74) is 5.95. The molecule has 2 N–H and O–H groups in total. The number of nitrogens with zero attached hydrogens (tertiary/aromatic N) is 3. The third-order valence-electron chi connectivity index (χ3n) is 3.02. The Balaban J connectivity index is 2.90. The SMILES string of the molecule is CCCN(CC(C)(C)CN)c1nc(C(C)(C)C)ns1. The van der Waals surface area contributed by atoms with E-state index in [0.29, 0.717) is 6.54 Å². The molecule has 0 aromatic carbocycles. The molecular weight excluding hydrogens is 256 g/mol. The van der Waals surface area contributed by atoms with Crippen LogP contribution < -0.4 is 10.6 Å². The summed E-state index contributed by atoms with van der Waals surface area (Å²) in [5, 5.41) is 1.02. The van der Waals surface area contributed by atoms with E-state index >= 15 is 0 Å². The Morgan fingerprint density at radius 2 is 1.84 bits per heavy atom. The van der Waals surface area contributed by atoms with Crippen LogP contribution in [0.2, 0.25) is 0 Å². The van der Waals surface area contributed by atoms with Crippen molar-refractivity contribution < 1.29 is 0 Å². The lowest BCUT2D eigenvalue weighted by Crippen LogP contribution is -2.39. The first kappa shape index (κ1) is 16.4. The Morgan fingerprint density at radius 1 is 1.21 bits per heavy atom. The predicted molar refractivity (Wildman–Crippen MR) is 83.9 cm³/mol. The van der Waals surface area contributed by atoms with Gasteiger partial charge in [0.2, 0.25) is 5.13 Å². The first-order valence-electron chi connectivity index (χ1n) is 6.99. The van der Waals surface area contributed by atoms with Gasteiger partial charge in [0.1, 0.15) is 5.82 Å². The number of hydrogen-bond donors (Lipinski definition) is 1. The number of anilines is 1.